The summed E-state index contributed by atoms with van der Waals surface area (Å²) in [5.74, 6) is 2.56. The van der Waals surface area contributed by atoms with E-state index in [9.17, 15) is 4.79 Å². The van der Waals surface area contributed by atoms with Crippen molar-refractivity contribution in [1.29, 1.82) is 0 Å². The minimum Gasteiger partial charge on any atom is -0.421 e. The summed E-state index contributed by atoms with van der Waals surface area (Å²) in [6.07, 6.45) is 11.9. The average Bonchev–Trinajstić information content (AvgIpc) is 3.28. The number of carbonyl (C=O) groups is 1. The van der Waals surface area contributed by atoms with Crippen LogP contribution >= 0.6 is 0 Å². The third kappa shape index (κ3) is 5.07. The lowest BCUT2D eigenvalue weighted by atomic mass is 9.70. The second-order valence-corrected chi connectivity index (χ2v) is 8.69. The summed E-state index contributed by atoms with van der Waals surface area (Å²) in [6.45, 7) is 7.23. The number of rotatable bonds is 7. The van der Waals surface area contributed by atoms with Crippen molar-refractivity contribution in [2.45, 2.75) is 33.6 Å². The minimum atomic E-state index is -0.143. The lowest BCUT2D eigenvalue weighted by molar-refractivity contribution is 0.0938. The van der Waals surface area contributed by atoms with Gasteiger partial charge in [-0.3, -0.25) is 9.78 Å². The highest BCUT2D eigenvalue weighted by Gasteiger charge is 2.32. The molecule has 1 aliphatic carbocycles. The monoisotopic (exact) mass is 432 g/mol. The van der Waals surface area contributed by atoms with Gasteiger partial charge < -0.3 is 9.73 Å². The second-order valence-electron chi connectivity index (χ2n) is 8.69. The Labute approximate surface area is 187 Å². The highest BCUT2D eigenvalue weighted by Crippen LogP contribution is 2.38. The number of carbonyl (C=O) groups excluding carboxylic acids is 1. The fourth-order valence-electron chi connectivity index (χ4n) is 4.39. The number of aromatic nitrogens is 5. The molecule has 3 aromatic heterocycles. The quantitative estimate of drug-likeness (QED) is 0.567. The molecule has 8 nitrogen and oxygen atoms in total. The predicted octanol–water partition coefficient (Wildman–Crippen LogP) is 3.75. The van der Waals surface area contributed by atoms with E-state index >= 15 is 0 Å². The molecule has 0 saturated carbocycles. The van der Waals surface area contributed by atoms with E-state index in [1.165, 1.54) is 24.3 Å². The van der Waals surface area contributed by atoms with Crippen molar-refractivity contribution in [3.63, 3.8) is 0 Å². The zero-order chi connectivity index (χ0) is 22.5. The van der Waals surface area contributed by atoms with Crippen LogP contribution < -0.4 is 5.32 Å². The Morgan fingerprint density at radius 3 is 2.62 bits per heavy atom. The Morgan fingerprint density at radius 1 is 1.16 bits per heavy atom. The molecule has 0 fully saturated rings. The predicted molar refractivity (Wildman–Crippen MR) is 119 cm³/mol. The first-order chi connectivity index (χ1) is 15.5. The molecule has 1 aliphatic rings. The maximum atomic E-state index is 12.4. The van der Waals surface area contributed by atoms with Crippen molar-refractivity contribution in [3.05, 3.63) is 66.4 Å². The van der Waals surface area contributed by atoms with E-state index < -0.39 is 0 Å². The van der Waals surface area contributed by atoms with Gasteiger partial charge in [0.2, 0.25) is 11.8 Å². The summed E-state index contributed by atoms with van der Waals surface area (Å²) >= 11 is 0. The molecule has 0 spiro atoms. The van der Waals surface area contributed by atoms with Gasteiger partial charge in [0.25, 0.3) is 5.91 Å². The van der Waals surface area contributed by atoms with Crippen LogP contribution in [0.4, 0.5) is 0 Å². The van der Waals surface area contributed by atoms with Crippen LogP contribution in [0.1, 0.15) is 43.4 Å². The number of amides is 1. The molecule has 32 heavy (non-hydrogen) atoms. The fourth-order valence-corrected chi connectivity index (χ4v) is 4.39. The molecule has 0 saturated heterocycles. The first kappa shape index (κ1) is 21.8. The SMILES string of the molecule is CC1=CC(CNC(=O)c2cncnc2)C(C(C)C)CC1Cc1nnc(-c2ccncc2)o1. The van der Waals surface area contributed by atoms with Gasteiger partial charge in [-0.2, -0.15) is 0 Å². The molecule has 3 heterocycles. The van der Waals surface area contributed by atoms with Gasteiger partial charge in [-0.15, -0.1) is 10.2 Å². The maximum Gasteiger partial charge on any atom is 0.254 e. The van der Waals surface area contributed by atoms with Gasteiger partial charge in [0, 0.05) is 43.3 Å². The summed E-state index contributed by atoms with van der Waals surface area (Å²) < 4.78 is 5.93. The normalized spacial score (nSPS) is 20.8. The van der Waals surface area contributed by atoms with E-state index in [1.54, 1.807) is 12.4 Å². The Bertz CT molecular complexity index is 1060. The largest absolute Gasteiger partial charge is 0.421 e. The number of hydrogen-bond donors (Lipinski definition) is 1. The van der Waals surface area contributed by atoms with Crippen molar-refractivity contribution in [1.82, 2.24) is 30.5 Å². The Hall–Kier alpha value is -3.42. The number of allylic oxidation sites excluding steroid dienone is 1. The van der Waals surface area contributed by atoms with Gasteiger partial charge in [0.15, 0.2) is 0 Å². The number of nitrogens with zero attached hydrogens (tertiary/aromatic N) is 5. The van der Waals surface area contributed by atoms with E-state index in [2.05, 4.69) is 57.3 Å². The molecule has 1 amide bonds. The van der Waals surface area contributed by atoms with E-state index in [0.29, 0.717) is 48.1 Å². The van der Waals surface area contributed by atoms with Gasteiger partial charge in [0.1, 0.15) is 6.33 Å². The molecule has 8 heteroatoms. The molecular weight excluding hydrogens is 404 g/mol. The molecule has 0 bridgehead atoms. The summed E-state index contributed by atoms with van der Waals surface area (Å²) in [5, 5.41) is 11.5. The minimum absolute atomic E-state index is 0.143. The van der Waals surface area contributed by atoms with Crippen LogP contribution in [0.2, 0.25) is 0 Å². The zero-order valence-corrected chi connectivity index (χ0v) is 18.6. The lowest BCUT2D eigenvalue weighted by Crippen LogP contribution is -2.37. The van der Waals surface area contributed by atoms with E-state index in [0.717, 1.165) is 12.0 Å². The van der Waals surface area contributed by atoms with Crippen molar-refractivity contribution < 1.29 is 9.21 Å². The molecule has 166 valence electrons. The molecule has 1 N–H and O–H groups in total. The summed E-state index contributed by atoms with van der Waals surface area (Å²) in [6, 6.07) is 3.72. The third-order valence-electron chi connectivity index (χ3n) is 6.22. The Kier molecular flexibility index (Phi) is 6.68. The van der Waals surface area contributed by atoms with Crippen molar-refractivity contribution in [3.8, 4) is 11.5 Å². The average molecular weight is 433 g/mol. The fraction of sp³-hybridized carbons (Fsp3) is 0.417. The van der Waals surface area contributed by atoms with Crippen LogP contribution in [0.25, 0.3) is 11.5 Å². The highest BCUT2D eigenvalue weighted by molar-refractivity contribution is 5.93. The second kappa shape index (κ2) is 9.80. The zero-order valence-electron chi connectivity index (χ0n) is 18.6. The molecule has 3 atom stereocenters. The summed E-state index contributed by atoms with van der Waals surface area (Å²) in [5.41, 5.74) is 2.64. The molecule has 3 unspecified atom stereocenters. The standard InChI is InChI=1S/C24H28N6O2/c1-15(2)21-9-18(10-22-29-30-24(32-22)17-4-6-25-7-5-17)16(3)8-19(21)13-28-23(31)20-11-26-14-27-12-20/h4-8,11-12,14-15,18-19,21H,9-10,13H2,1-3H3,(H,28,31). The van der Waals surface area contributed by atoms with Crippen LogP contribution in [0.5, 0.6) is 0 Å². The molecule has 0 radical (unpaired) electrons. The Balaban J connectivity index is 1.43. The Morgan fingerprint density at radius 2 is 1.91 bits per heavy atom. The van der Waals surface area contributed by atoms with Gasteiger partial charge in [-0.25, -0.2) is 9.97 Å². The molecule has 0 aliphatic heterocycles. The molecule has 3 aromatic rings. The topological polar surface area (TPSA) is 107 Å². The first-order valence-electron chi connectivity index (χ1n) is 11.0. The van der Waals surface area contributed by atoms with Crippen LogP contribution in [0.3, 0.4) is 0 Å². The maximum absolute atomic E-state index is 12.4. The van der Waals surface area contributed by atoms with E-state index in [1.807, 2.05) is 12.1 Å². The number of pyridine rings is 1. The highest BCUT2D eigenvalue weighted by atomic mass is 16.4. The van der Waals surface area contributed by atoms with Crippen LogP contribution in [0.15, 0.2) is 59.3 Å². The first-order valence-corrected chi connectivity index (χ1v) is 11.0. The van der Waals surface area contributed by atoms with Crippen LogP contribution in [-0.2, 0) is 6.42 Å². The van der Waals surface area contributed by atoms with E-state index in [4.69, 9.17) is 4.42 Å². The van der Waals surface area contributed by atoms with Gasteiger partial charge >= 0.3 is 0 Å². The van der Waals surface area contributed by atoms with E-state index in [-0.39, 0.29) is 11.8 Å². The van der Waals surface area contributed by atoms with Gasteiger partial charge in [0.05, 0.1) is 5.56 Å². The van der Waals surface area contributed by atoms with Crippen LogP contribution in [-0.4, -0.2) is 37.6 Å². The smallest absolute Gasteiger partial charge is 0.254 e. The van der Waals surface area contributed by atoms with Crippen molar-refractivity contribution in [2.24, 2.45) is 23.7 Å². The lowest BCUT2D eigenvalue weighted by Gasteiger charge is -2.37. The number of nitrogens with one attached hydrogen (secondary N) is 1. The summed E-state index contributed by atoms with van der Waals surface area (Å²) in [4.78, 5) is 24.3. The molecule has 4 rings (SSSR count). The van der Waals surface area contributed by atoms with Crippen molar-refractivity contribution >= 4 is 5.91 Å². The van der Waals surface area contributed by atoms with Gasteiger partial charge in [-0.05, 0) is 49.1 Å². The van der Waals surface area contributed by atoms with Gasteiger partial charge in [-0.1, -0.05) is 25.5 Å². The number of hydrogen-bond acceptors (Lipinski definition) is 7. The van der Waals surface area contributed by atoms with Crippen molar-refractivity contribution in [2.75, 3.05) is 6.54 Å². The molecular formula is C24H28N6O2. The third-order valence-corrected chi connectivity index (χ3v) is 6.22. The molecule has 0 aromatic carbocycles. The summed E-state index contributed by atoms with van der Waals surface area (Å²) in [7, 11) is 0. The van der Waals surface area contributed by atoms with Crippen LogP contribution in [0, 0.1) is 23.7 Å².